The summed E-state index contributed by atoms with van der Waals surface area (Å²) < 4.78 is 70.8. The second kappa shape index (κ2) is 7.48. The van der Waals surface area contributed by atoms with Crippen molar-refractivity contribution in [1.82, 2.24) is 4.90 Å². The lowest BCUT2D eigenvalue weighted by Crippen LogP contribution is -2.60. The molecule has 0 bridgehead atoms. The number of hydrogen-bond acceptors (Lipinski definition) is 3. The molecule has 2 N–H and O–H groups in total. The Bertz CT molecular complexity index is 1090. The first-order valence-electron chi connectivity index (χ1n) is 9.17. The highest BCUT2D eigenvalue weighted by Crippen LogP contribution is 2.50. The van der Waals surface area contributed by atoms with Gasteiger partial charge in [0, 0.05) is 12.0 Å². The molecule has 0 aliphatic carbocycles. The molecule has 1 fully saturated rings. The normalized spacial score (nSPS) is 22.2. The summed E-state index contributed by atoms with van der Waals surface area (Å²) in [5, 5.41) is 2.43. The Kier molecular flexibility index (Phi) is 5.28. The van der Waals surface area contributed by atoms with Crippen LogP contribution in [0.15, 0.2) is 41.6 Å². The number of halogens is 7. The first-order chi connectivity index (χ1) is 14.9. The number of carbonyl (C=O) groups excluding carboxylic acids is 1. The number of rotatable bonds is 3. The standard InChI is InChI=1S/C20H14Cl2F5N3O2/c21-13-5-12(6-14(22)16(13)23)19(20(25,26)27)7-15(29-32-19)10-1-3-11(4-2-10)18(24)8-30(9-18)17(28)31/h1-6H,7-9H2,(H2,28,31). The number of nitrogens with two attached hydrogens (primary N) is 1. The number of carbonyl (C=O) groups is 1. The van der Waals surface area contributed by atoms with Crippen molar-refractivity contribution in [3.05, 3.63) is 69.0 Å². The second-order valence-electron chi connectivity index (χ2n) is 7.62. The number of benzene rings is 2. The van der Waals surface area contributed by atoms with Crippen LogP contribution >= 0.6 is 23.2 Å². The average Bonchev–Trinajstić information content (AvgIpc) is 3.16. The zero-order valence-corrected chi connectivity index (χ0v) is 17.5. The Labute approximate surface area is 188 Å². The highest BCUT2D eigenvalue weighted by Gasteiger charge is 2.62. The number of primary amides is 1. The van der Waals surface area contributed by atoms with E-state index in [1.54, 1.807) is 0 Å². The van der Waals surface area contributed by atoms with Crippen molar-refractivity contribution >= 4 is 34.9 Å². The minimum absolute atomic E-state index is 0.0503. The lowest BCUT2D eigenvalue weighted by molar-refractivity contribution is -0.275. The van der Waals surface area contributed by atoms with Gasteiger partial charge in [-0.3, -0.25) is 0 Å². The van der Waals surface area contributed by atoms with Gasteiger partial charge in [0.1, 0.15) is 0 Å². The largest absolute Gasteiger partial charge is 0.435 e. The van der Waals surface area contributed by atoms with E-state index in [2.05, 4.69) is 5.16 Å². The van der Waals surface area contributed by atoms with Crippen LogP contribution in [0.1, 0.15) is 23.1 Å². The Morgan fingerprint density at radius 3 is 2.16 bits per heavy atom. The zero-order valence-electron chi connectivity index (χ0n) is 16.0. The highest BCUT2D eigenvalue weighted by atomic mass is 35.5. The fourth-order valence-corrected chi connectivity index (χ4v) is 4.19. The van der Waals surface area contributed by atoms with E-state index in [9.17, 15) is 26.7 Å². The lowest BCUT2D eigenvalue weighted by Gasteiger charge is -2.43. The van der Waals surface area contributed by atoms with Crippen LogP contribution < -0.4 is 5.73 Å². The van der Waals surface area contributed by atoms with E-state index >= 15 is 0 Å². The quantitative estimate of drug-likeness (QED) is 0.467. The molecule has 170 valence electrons. The Morgan fingerprint density at radius 2 is 1.66 bits per heavy atom. The highest BCUT2D eigenvalue weighted by molar-refractivity contribution is 6.35. The van der Waals surface area contributed by atoms with Gasteiger partial charge in [-0.25, -0.2) is 13.6 Å². The molecule has 1 saturated heterocycles. The summed E-state index contributed by atoms with van der Waals surface area (Å²) >= 11 is 11.4. The Hall–Kier alpha value is -2.59. The van der Waals surface area contributed by atoms with E-state index < -0.39 is 51.3 Å². The van der Waals surface area contributed by atoms with Crippen molar-refractivity contribution in [2.45, 2.75) is 23.9 Å². The maximum Gasteiger partial charge on any atom is 0.435 e. The SMILES string of the molecule is NC(=O)N1CC(F)(c2ccc(C3=NOC(c4cc(Cl)c(F)c(Cl)c4)(C(F)(F)F)C3)cc2)C1. The van der Waals surface area contributed by atoms with Crippen LogP contribution in [0.2, 0.25) is 10.0 Å². The molecule has 2 aliphatic heterocycles. The van der Waals surface area contributed by atoms with Gasteiger partial charge in [-0.2, -0.15) is 13.2 Å². The van der Waals surface area contributed by atoms with Crippen molar-refractivity contribution < 1.29 is 31.6 Å². The van der Waals surface area contributed by atoms with E-state index in [1.165, 1.54) is 24.3 Å². The van der Waals surface area contributed by atoms with Crippen molar-refractivity contribution in [1.29, 1.82) is 0 Å². The second-order valence-corrected chi connectivity index (χ2v) is 8.44. The molecule has 1 unspecified atom stereocenters. The summed E-state index contributed by atoms with van der Waals surface area (Å²) in [5.41, 5.74) is 0.360. The fourth-order valence-electron chi connectivity index (χ4n) is 3.71. The molecule has 2 aromatic rings. The van der Waals surface area contributed by atoms with Gasteiger partial charge in [0.25, 0.3) is 5.60 Å². The van der Waals surface area contributed by atoms with Gasteiger partial charge in [0.05, 0.1) is 28.8 Å². The molecule has 0 saturated carbocycles. The van der Waals surface area contributed by atoms with E-state index in [-0.39, 0.29) is 29.9 Å². The van der Waals surface area contributed by atoms with Gasteiger partial charge in [-0.05, 0) is 23.3 Å². The predicted molar refractivity (Wildman–Crippen MR) is 107 cm³/mol. The number of hydrogen-bond donors (Lipinski definition) is 1. The molecule has 4 rings (SSSR count). The molecule has 32 heavy (non-hydrogen) atoms. The molecule has 2 heterocycles. The maximum atomic E-state index is 14.9. The van der Waals surface area contributed by atoms with Crippen LogP contribution in [0.3, 0.4) is 0 Å². The minimum Gasteiger partial charge on any atom is -0.374 e. The van der Waals surface area contributed by atoms with E-state index in [0.29, 0.717) is 0 Å². The first kappa shape index (κ1) is 22.6. The topological polar surface area (TPSA) is 67.9 Å². The van der Waals surface area contributed by atoms with Crippen molar-refractivity contribution in [3.8, 4) is 0 Å². The summed E-state index contributed by atoms with van der Waals surface area (Å²) in [6.45, 7) is -0.427. The third kappa shape index (κ3) is 3.55. The maximum absolute atomic E-state index is 14.9. The molecule has 0 radical (unpaired) electrons. The van der Waals surface area contributed by atoms with Crippen LogP contribution in [0, 0.1) is 5.82 Å². The van der Waals surface area contributed by atoms with Crippen molar-refractivity contribution in [3.63, 3.8) is 0 Å². The molecule has 0 spiro atoms. The summed E-state index contributed by atoms with van der Waals surface area (Å²) in [6.07, 6.45) is -5.67. The average molecular weight is 494 g/mol. The minimum atomic E-state index is -4.93. The number of nitrogens with zero attached hydrogens (tertiary/aromatic N) is 2. The van der Waals surface area contributed by atoms with E-state index in [0.717, 1.165) is 17.0 Å². The third-order valence-corrected chi connectivity index (χ3v) is 6.12. The lowest BCUT2D eigenvalue weighted by atomic mass is 9.85. The van der Waals surface area contributed by atoms with Gasteiger partial charge in [0.2, 0.25) is 0 Å². The molecule has 2 aliphatic rings. The van der Waals surface area contributed by atoms with Gasteiger partial charge in [0.15, 0.2) is 11.5 Å². The molecule has 0 aromatic heterocycles. The Morgan fingerprint density at radius 1 is 1.09 bits per heavy atom. The summed E-state index contributed by atoms with van der Waals surface area (Å²) in [7, 11) is 0. The molecule has 12 heteroatoms. The molecular formula is C20H14Cl2F5N3O2. The smallest absolute Gasteiger partial charge is 0.374 e. The molecular weight excluding hydrogens is 480 g/mol. The van der Waals surface area contributed by atoms with Crippen molar-refractivity contribution in [2.24, 2.45) is 10.9 Å². The zero-order chi connectivity index (χ0) is 23.5. The van der Waals surface area contributed by atoms with Crippen LogP contribution in [-0.4, -0.2) is 35.9 Å². The molecule has 5 nitrogen and oxygen atoms in total. The number of oxime groups is 1. The van der Waals surface area contributed by atoms with E-state index in [1.807, 2.05) is 0 Å². The summed E-state index contributed by atoms with van der Waals surface area (Å²) in [5.74, 6) is -1.05. The number of urea groups is 1. The van der Waals surface area contributed by atoms with E-state index in [4.69, 9.17) is 33.8 Å². The molecule has 2 amide bonds. The van der Waals surface area contributed by atoms with Crippen LogP contribution in [-0.2, 0) is 16.1 Å². The third-order valence-electron chi connectivity index (χ3n) is 5.57. The fraction of sp³-hybridized carbons (Fsp3) is 0.300. The Balaban J connectivity index is 1.60. The van der Waals surface area contributed by atoms with Crippen LogP contribution in [0.4, 0.5) is 26.7 Å². The summed E-state index contributed by atoms with van der Waals surface area (Å²) in [6, 6.07) is 6.46. The molecule has 2 aromatic carbocycles. The summed E-state index contributed by atoms with van der Waals surface area (Å²) in [4.78, 5) is 17.1. The number of amides is 2. The monoisotopic (exact) mass is 493 g/mol. The number of alkyl halides is 4. The van der Waals surface area contributed by atoms with Crippen LogP contribution in [0.5, 0.6) is 0 Å². The van der Waals surface area contributed by atoms with Crippen molar-refractivity contribution in [2.75, 3.05) is 13.1 Å². The number of likely N-dealkylation sites (tertiary alicyclic amines) is 1. The molecule has 1 atom stereocenters. The van der Waals surface area contributed by atoms with Gasteiger partial charge in [-0.15, -0.1) is 0 Å². The van der Waals surface area contributed by atoms with Gasteiger partial charge < -0.3 is 15.5 Å². The van der Waals surface area contributed by atoms with Crippen LogP contribution in [0.25, 0.3) is 0 Å². The van der Waals surface area contributed by atoms with Gasteiger partial charge in [-0.1, -0.05) is 52.6 Å². The predicted octanol–water partition coefficient (Wildman–Crippen LogP) is 5.27. The van der Waals surface area contributed by atoms with Gasteiger partial charge >= 0.3 is 12.2 Å². The first-order valence-corrected chi connectivity index (χ1v) is 9.93.